The van der Waals surface area contributed by atoms with Gasteiger partial charge in [0.2, 0.25) is 0 Å². The summed E-state index contributed by atoms with van der Waals surface area (Å²) in [5, 5.41) is 9.30. The van der Waals surface area contributed by atoms with E-state index >= 15 is 0 Å². The molecule has 1 aliphatic heterocycles. The van der Waals surface area contributed by atoms with Gasteiger partial charge in [-0.2, -0.15) is 0 Å². The molecule has 110 valence electrons. The third-order valence-electron chi connectivity index (χ3n) is 4.17. The van der Waals surface area contributed by atoms with Crippen LogP contribution in [0, 0.1) is 5.41 Å². The molecule has 2 rings (SSSR count). The van der Waals surface area contributed by atoms with Crippen molar-refractivity contribution in [1.82, 2.24) is 4.90 Å². The van der Waals surface area contributed by atoms with Gasteiger partial charge >= 0.3 is 5.97 Å². The first-order valence-electron chi connectivity index (χ1n) is 7.51. The van der Waals surface area contributed by atoms with E-state index in [1.54, 1.807) is 13.8 Å². The maximum absolute atomic E-state index is 11.3. The molecular weight excluding hydrogens is 250 g/mol. The Hall–Kier alpha value is -1.35. The van der Waals surface area contributed by atoms with Gasteiger partial charge in [0.25, 0.3) is 0 Å². The number of hydrogen-bond acceptors (Lipinski definition) is 2. The van der Waals surface area contributed by atoms with E-state index in [0.29, 0.717) is 6.42 Å². The van der Waals surface area contributed by atoms with Gasteiger partial charge in [0.15, 0.2) is 0 Å². The van der Waals surface area contributed by atoms with Crippen molar-refractivity contribution in [1.29, 1.82) is 0 Å². The van der Waals surface area contributed by atoms with Crippen molar-refractivity contribution >= 4 is 5.97 Å². The predicted octanol–water partition coefficient (Wildman–Crippen LogP) is 3.33. The molecule has 1 fully saturated rings. The molecule has 3 heteroatoms. The Labute approximate surface area is 121 Å². The number of hydrogen-bond donors (Lipinski definition) is 1. The van der Waals surface area contributed by atoms with Crippen LogP contribution in [0.25, 0.3) is 0 Å². The Morgan fingerprint density at radius 1 is 1.15 bits per heavy atom. The number of likely N-dealkylation sites (tertiary alicyclic amines) is 1. The highest BCUT2D eigenvalue weighted by Gasteiger charge is 2.28. The largest absolute Gasteiger partial charge is 0.481 e. The van der Waals surface area contributed by atoms with Crippen molar-refractivity contribution in [3.63, 3.8) is 0 Å². The summed E-state index contributed by atoms with van der Waals surface area (Å²) in [6.07, 6.45) is 4.49. The molecule has 1 N–H and O–H groups in total. The zero-order valence-electron chi connectivity index (χ0n) is 12.6. The highest BCUT2D eigenvalue weighted by atomic mass is 16.4. The molecule has 1 aromatic rings. The molecule has 0 radical (unpaired) electrons. The lowest BCUT2D eigenvalue weighted by molar-refractivity contribution is -0.146. The number of carboxylic acid groups (broad SMARTS) is 1. The van der Waals surface area contributed by atoms with E-state index in [1.165, 1.54) is 30.4 Å². The number of carbonyl (C=O) groups is 1. The van der Waals surface area contributed by atoms with Crippen LogP contribution in [0.1, 0.15) is 44.2 Å². The maximum atomic E-state index is 11.3. The van der Waals surface area contributed by atoms with Crippen LogP contribution < -0.4 is 0 Å². The zero-order valence-corrected chi connectivity index (χ0v) is 12.6. The van der Waals surface area contributed by atoms with Crippen LogP contribution in [0.15, 0.2) is 24.3 Å². The molecule has 3 nitrogen and oxygen atoms in total. The van der Waals surface area contributed by atoms with Gasteiger partial charge in [-0.15, -0.1) is 0 Å². The standard InChI is InChI=1S/C17H25NO2/c1-17(2,16(19)20)12-14-8-4-5-9-15(14)13-18-10-6-3-7-11-18/h4-5,8-9H,3,6-7,10-13H2,1-2H3,(H,19,20). The van der Waals surface area contributed by atoms with Crippen molar-refractivity contribution < 1.29 is 9.90 Å². The highest BCUT2D eigenvalue weighted by molar-refractivity contribution is 5.74. The molecular formula is C17H25NO2. The average Bonchev–Trinajstić information content (AvgIpc) is 2.42. The summed E-state index contributed by atoms with van der Waals surface area (Å²) in [6.45, 7) is 6.87. The lowest BCUT2D eigenvalue weighted by Crippen LogP contribution is -2.30. The predicted molar refractivity (Wildman–Crippen MR) is 80.7 cm³/mol. The van der Waals surface area contributed by atoms with Crippen molar-refractivity contribution in [2.45, 2.75) is 46.1 Å². The summed E-state index contributed by atoms with van der Waals surface area (Å²) in [7, 11) is 0. The van der Waals surface area contributed by atoms with E-state index in [4.69, 9.17) is 0 Å². The lowest BCUT2D eigenvalue weighted by atomic mass is 9.84. The van der Waals surface area contributed by atoms with E-state index in [1.807, 2.05) is 6.07 Å². The van der Waals surface area contributed by atoms with Gasteiger partial charge in [-0.05, 0) is 57.3 Å². The number of piperidine rings is 1. The van der Waals surface area contributed by atoms with E-state index in [0.717, 1.165) is 19.6 Å². The Kier molecular flexibility index (Phi) is 4.81. The first-order valence-corrected chi connectivity index (χ1v) is 7.51. The molecule has 0 saturated carbocycles. The monoisotopic (exact) mass is 275 g/mol. The summed E-state index contributed by atoms with van der Waals surface area (Å²) in [4.78, 5) is 13.8. The second-order valence-electron chi connectivity index (χ2n) is 6.47. The molecule has 20 heavy (non-hydrogen) atoms. The molecule has 0 bridgehead atoms. The van der Waals surface area contributed by atoms with Gasteiger partial charge in [0, 0.05) is 6.54 Å². The summed E-state index contributed by atoms with van der Waals surface area (Å²) in [5.74, 6) is -0.731. The molecule has 1 saturated heterocycles. The number of carboxylic acids is 1. The SMILES string of the molecule is CC(C)(Cc1ccccc1CN1CCCCC1)C(=O)O. The molecule has 0 atom stereocenters. The quantitative estimate of drug-likeness (QED) is 0.896. The fraction of sp³-hybridized carbons (Fsp3) is 0.588. The zero-order chi connectivity index (χ0) is 14.6. The number of rotatable bonds is 5. The van der Waals surface area contributed by atoms with E-state index < -0.39 is 11.4 Å². The first-order chi connectivity index (χ1) is 9.49. The van der Waals surface area contributed by atoms with Crippen LogP contribution in [0.4, 0.5) is 0 Å². The molecule has 0 spiro atoms. The third-order valence-corrected chi connectivity index (χ3v) is 4.17. The Balaban J connectivity index is 2.11. The van der Waals surface area contributed by atoms with Gasteiger partial charge in [-0.1, -0.05) is 30.7 Å². The molecule has 0 aliphatic carbocycles. The Bertz CT molecular complexity index is 462. The third kappa shape index (κ3) is 3.83. The fourth-order valence-corrected chi connectivity index (χ4v) is 2.79. The number of benzene rings is 1. The van der Waals surface area contributed by atoms with E-state index in [-0.39, 0.29) is 0 Å². The van der Waals surface area contributed by atoms with Gasteiger partial charge in [0.05, 0.1) is 5.41 Å². The van der Waals surface area contributed by atoms with Crippen LogP contribution in [0.3, 0.4) is 0 Å². The number of nitrogens with zero attached hydrogens (tertiary/aromatic N) is 1. The minimum absolute atomic E-state index is 0.590. The minimum atomic E-state index is -0.731. The topological polar surface area (TPSA) is 40.5 Å². The fourth-order valence-electron chi connectivity index (χ4n) is 2.79. The molecule has 0 amide bonds. The highest BCUT2D eigenvalue weighted by Crippen LogP contribution is 2.25. The molecule has 0 unspecified atom stereocenters. The van der Waals surface area contributed by atoms with Gasteiger partial charge in [0.1, 0.15) is 0 Å². The minimum Gasteiger partial charge on any atom is -0.481 e. The van der Waals surface area contributed by atoms with Crippen LogP contribution in [-0.4, -0.2) is 29.1 Å². The number of aliphatic carboxylic acids is 1. The maximum Gasteiger partial charge on any atom is 0.309 e. The Morgan fingerprint density at radius 2 is 1.75 bits per heavy atom. The summed E-state index contributed by atoms with van der Waals surface area (Å²) < 4.78 is 0. The average molecular weight is 275 g/mol. The molecule has 0 aromatic heterocycles. The summed E-state index contributed by atoms with van der Waals surface area (Å²) >= 11 is 0. The van der Waals surface area contributed by atoms with Gasteiger partial charge in [-0.3, -0.25) is 9.69 Å². The lowest BCUT2D eigenvalue weighted by Gasteiger charge is -2.28. The van der Waals surface area contributed by atoms with Crippen molar-refractivity contribution in [2.24, 2.45) is 5.41 Å². The van der Waals surface area contributed by atoms with Crippen LogP contribution >= 0.6 is 0 Å². The smallest absolute Gasteiger partial charge is 0.309 e. The van der Waals surface area contributed by atoms with Crippen molar-refractivity contribution in [2.75, 3.05) is 13.1 Å². The molecule has 1 aromatic carbocycles. The molecule has 1 aliphatic rings. The summed E-state index contributed by atoms with van der Waals surface area (Å²) in [5.41, 5.74) is 1.74. The Morgan fingerprint density at radius 3 is 2.35 bits per heavy atom. The second kappa shape index (κ2) is 6.40. The van der Waals surface area contributed by atoms with E-state index in [9.17, 15) is 9.90 Å². The van der Waals surface area contributed by atoms with E-state index in [2.05, 4.69) is 23.1 Å². The second-order valence-corrected chi connectivity index (χ2v) is 6.47. The van der Waals surface area contributed by atoms with Crippen molar-refractivity contribution in [3.05, 3.63) is 35.4 Å². The molecule has 1 heterocycles. The van der Waals surface area contributed by atoms with Gasteiger partial charge in [-0.25, -0.2) is 0 Å². The summed E-state index contributed by atoms with van der Waals surface area (Å²) in [6, 6.07) is 8.27. The first kappa shape index (κ1) is 15.0. The van der Waals surface area contributed by atoms with Crippen LogP contribution in [0.2, 0.25) is 0 Å². The van der Waals surface area contributed by atoms with Crippen molar-refractivity contribution in [3.8, 4) is 0 Å². The van der Waals surface area contributed by atoms with Gasteiger partial charge < -0.3 is 5.11 Å². The normalized spacial score (nSPS) is 17.1. The van der Waals surface area contributed by atoms with Crippen LogP contribution in [0.5, 0.6) is 0 Å². The van der Waals surface area contributed by atoms with Crippen LogP contribution in [-0.2, 0) is 17.8 Å².